The molecular weight excluding hydrogens is 302 g/mol. The minimum atomic E-state index is -0.275. The predicted molar refractivity (Wildman–Crippen MR) is 94.5 cm³/mol. The molecule has 0 aliphatic carbocycles. The number of hydrogen-bond donors (Lipinski definition) is 1. The fourth-order valence-corrected chi connectivity index (χ4v) is 2.49. The molecule has 0 bridgehead atoms. The second-order valence-corrected chi connectivity index (χ2v) is 5.27. The number of pyridine rings is 1. The number of amides is 1. The van der Waals surface area contributed by atoms with Crippen molar-refractivity contribution >= 4 is 23.0 Å². The quantitative estimate of drug-likeness (QED) is 0.593. The van der Waals surface area contributed by atoms with E-state index in [9.17, 15) is 4.79 Å². The van der Waals surface area contributed by atoms with Gasteiger partial charge in [-0.2, -0.15) is 5.10 Å². The first-order valence-corrected chi connectivity index (χ1v) is 7.52. The molecule has 1 heterocycles. The van der Waals surface area contributed by atoms with Crippen molar-refractivity contribution in [1.29, 1.82) is 0 Å². The first-order chi connectivity index (χ1) is 11.7. The Hall–Kier alpha value is -3.21. The highest BCUT2D eigenvalue weighted by Gasteiger charge is 2.11. The molecule has 3 aromatic rings. The topological polar surface area (TPSA) is 63.6 Å². The number of hydrazone groups is 1. The highest BCUT2D eigenvalue weighted by Crippen LogP contribution is 2.18. The van der Waals surface area contributed by atoms with Gasteiger partial charge in [0, 0.05) is 16.6 Å². The maximum Gasteiger partial charge on any atom is 0.272 e. The van der Waals surface area contributed by atoms with Crippen molar-refractivity contribution in [2.24, 2.45) is 5.10 Å². The van der Waals surface area contributed by atoms with Crippen LogP contribution in [-0.4, -0.2) is 24.2 Å². The van der Waals surface area contributed by atoms with Gasteiger partial charge >= 0.3 is 0 Å². The van der Waals surface area contributed by atoms with Gasteiger partial charge in [0.05, 0.1) is 24.4 Å². The lowest BCUT2D eigenvalue weighted by atomic mass is 10.1. The fraction of sp³-hybridized carbons (Fsp3) is 0.105. The number of hydrogen-bond acceptors (Lipinski definition) is 4. The van der Waals surface area contributed by atoms with E-state index in [0.717, 1.165) is 22.2 Å². The molecule has 0 spiro atoms. The Morgan fingerprint density at radius 3 is 2.75 bits per heavy atom. The Morgan fingerprint density at radius 1 is 1.17 bits per heavy atom. The fourth-order valence-electron chi connectivity index (χ4n) is 2.49. The zero-order valence-corrected chi connectivity index (χ0v) is 13.5. The molecule has 0 saturated heterocycles. The summed E-state index contributed by atoms with van der Waals surface area (Å²) in [6, 6.07) is 16.8. The summed E-state index contributed by atoms with van der Waals surface area (Å²) in [5, 5.41) is 4.84. The Balaban J connectivity index is 1.84. The van der Waals surface area contributed by atoms with Crippen LogP contribution in [0.4, 0.5) is 0 Å². The minimum absolute atomic E-state index is 0.275. The van der Waals surface area contributed by atoms with Crippen molar-refractivity contribution in [1.82, 2.24) is 10.4 Å². The molecule has 24 heavy (non-hydrogen) atoms. The van der Waals surface area contributed by atoms with Gasteiger partial charge in [-0.15, -0.1) is 0 Å². The summed E-state index contributed by atoms with van der Waals surface area (Å²) in [4.78, 5) is 16.9. The molecule has 0 atom stereocenters. The molecule has 0 fully saturated rings. The molecule has 3 rings (SSSR count). The van der Waals surface area contributed by atoms with Gasteiger partial charge < -0.3 is 4.74 Å². The van der Waals surface area contributed by atoms with Gasteiger partial charge in [0.25, 0.3) is 5.91 Å². The number of para-hydroxylation sites is 2. The highest BCUT2D eigenvalue weighted by molar-refractivity contribution is 6.06. The van der Waals surface area contributed by atoms with Crippen LogP contribution in [-0.2, 0) is 0 Å². The molecule has 0 aliphatic heterocycles. The zero-order chi connectivity index (χ0) is 16.9. The molecule has 1 amide bonds. The summed E-state index contributed by atoms with van der Waals surface area (Å²) in [7, 11) is 1.59. The number of fused-ring (bicyclic) bond motifs is 1. The summed E-state index contributed by atoms with van der Waals surface area (Å²) in [6.45, 7) is 1.86. The first-order valence-electron chi connectivity index (χ1n) is 7.52. The molecule has 0 unspecified atom stereocenters. The summed E-state index contributed by atoms with van der Waals surface area (Å²) >= 11 is 0. The van der Waals surface area contributed by atoms with Crippen LogP contribution in [0, 0.1) is 6.92 Å². The number of aryl methyl sites for hydroxylation is 1. The van der Waals surface area contributed by atoms with Crippen LogP contribution in [0.2, 0.25) is 0 Å². The van der Waals surface area contributed by atoms with Gasteiger partial charge in [0.1, 0.15) is 5.75 Å². The van der Waals surface area contributed by atoms with Crippen molar-refractivity contribution in [3.63, 3.8) is 0 Å². The third-order valence-corrected chi connectivity index (χ3v) is 3.60. The zero-order valence-electron chi connectivity index (χ0n) is 13.5. The van der Waals surface area contributed by atoms with Crippen molar-refractivity contribution in [2.75, 3.05) is 7.11 Å². The van der Waals surface area contributed by atoms with Crippen LogP contribution < -0.4 is 10.2 Å². The number of carbonyl (C=O) groups is 1. The van der Waals surface area contributed by atoms with E-state index in [1.165, 1.54) is 0 Å². The van der Waals surface area contributed by atoms with E-state index in [2.05, 4.69) is 15.5 Å². The van der Waals surface area contributed by atoms with E-state index >= 15 is 0 Å². The SMILES string of the molecule is COc1ccccc1/C=N/NC(=O)c1cc(C)nc2ccccc12. The second-order valence-electron chi connectivity index (χ2n) is 5.27. The largest absolute Gasteiger partial charge is 0.496 e. The highest BCUT2D eigenvalue weighted by atomic mass is 16.5. The van der Waals surface area contributed by atoms with E-state index in [1.54, 1.807) is 19.4 Å². The number of nitrogens with one attached hydrogen (secondary N) is 1. The molecule has 0 saturated carbocycles. The summed E-state index contributed by atoms with van der Waals surface area (Å²) < 4.78 is 5.25. The Bertz CT molecular complexity index is 919. The minimum Gasteiger partial charge on any atom is -0.496 e. The third kappa shape index (κ3) is 3.25. The monoisotopic (exact) mass is 319 g/mol. The van der Waals surface area contributed by atoms with Crippen molar-refractivity contribution in [2.45, 2.75) is 6.92 Å². The second kappa shape index (κ2) is 6.91. The van der Waals surface area contributed by atoms with Gasteiger partial charge in [-0.1, -0.05) is 30.3 Å². The Morgan fingerprint density at radius 2 is 1.92 bits per heavy atom. The average Bonchev–Trinajstić information content (AvgIpc) is 2.61. The Kier molecular flexibility index (Phi) is 4.52. The molecule has 1 N–H and O–H groups in total. The third-order valence-electron chi connectivity index (χ3n) is 3.60. The molecule has 5 nitrogen and oxygen atoms in total. The molecule has 0 radical (unpaired) electrons. The molecule has 120 valence electrons. The van der Waals surface area contributed by atoms with Gasteiger partial charge in [-0.05, 0) is 31.2 Å². The summed E-state index contributed by atoms with van der Waals surface area (Å²) in [6.07, 6.45) is 1.56. The smallest absolute Gasteiger partial charge is 0.272 e. The molecule has 0 aliphatic rings. The van der Waals surface area contributed by atoms with E-state index in [-0.39, 0.29) is 5.91 Å². The van der Waals surface area contributed by atoms with Crippen LogP contribution in [0.15, 0.2) is 59.7 Å². The van der Waals surface area contributed by atoms with E-state index in [4.69, 9.17) is 4.74 Å². The number of nitrogens with zero attached hydrogens (tertiary/aromatic N) is 2. The van der Waals surface area contributed by atoms with E-state index in [1.807, 2.05) is 55.5 Å². The van der Waals surface area contributed by atoms with Crippen LogP contribution >= 0.6 is 0 Å². The normalized spacial score (nSPS) is 10.9. The lowest BCUT2D eigenvalue weighted by molar-refractivity contribution is 0.0956. The van der Waals surface area contributed by atoms with Crippen molar-refractivity contribution in [3.05, 3.63) is 71.4 Å². The van der Waals surface area contributed by atoms with E-state index in [0.29, 0.717) is 11.3 Å². The number of aromatic nitrogens is 1. The van der Waals surface area contributed by atoms with Gasteiger partial charge in [-0.3, -0.25) is 9.78 Å². The van der Waals surface area contributed by atoms with Gasteiger partial charge in [0.2, 0.25) is 0 Å². The number of methoxy groups -OCH3 is 1. The lowest BCUT2D eigenvalue weighted by Crippen LogP contribution is -2.18. The van der Waals surface area contributed by atoms with Crippen LogP contribution in [0.3, 0.4) is 0 Å². The van der Waals surface area contributed by atoms with Gasteiger partial charge in [0.15, 0.2) is 0 Å². The van der Waals surface area contributed by atoms with Crippen molar-refractivity contribution < 1.29 is 9.53 Å². The van der Waals surface area contributed by atoms with E-state index < -0.39 is 0 Å². The van der Waals surface area contributed by atoms with Crippen molar-refractivity contribution in [3.8, 4) is 5.75 Å². The molecule has 1 aromatic heterocycles. The number of ether oxygens (including phenoxy) is 1. The molecule has 2 aromatic carbocycles. The van der Waals surface area contributed by atoms with Crippen LogP contribution in [0.1, 0.15) is 21.6 Å². The maximum absolute atomic E-state index is 12.5. The standard InChI is InChI=1S/C19H17N3O2/c1-13-11-16(15-8-4-5-9-17(15)21-13)19(23)22-20-12-14-7-3-6-10-18(14)24-2/h3-12H,1-2H3,(H,22,23)/b20-12+. The van der Waals surface area contributed by atoms with Gasteiger partial charge in [-0.25, -0.2) is 5.43 Å². The molecule has 5 heteroatoms. The molecular formula is C19H17N3O2. The maximum atomic E-state index is 12.5. The Labute approximate surface area is 140 Å². The number of carbonyl (C=O) groups excluding carboxylic acids is 1. The number of benzene rings is 2. The summed E-state index contributed by atoms with van der Waals surface area (Å²) in [5.41, 5.74) is 5.48. The summed E-state index contributed by atoms with van der Waals surface area (Å²) in [5.74, 6) is 0.420. The average molecular weight is 319 g/mol. The van der Waals surface area contributed by atoms with Crippen LogP contribution in [0.5, 0.6) is 5.75 Å². The first kappa shape index (κ1) is 15.7. The van der Waals surface area contributed by atoms with Crippen LogP contribution in [0.25, 0.3) is 10.9 Å². The lowest BCUT2D eigenvalue weighted by Gasteiger charge is -2.06. The predicted octanol–water partition coefficient (Wildman–Crippen LogP) is 3.32. The number of rotatable bonds is 4.